The molecule has 6 rings (SSSR count). The zero-order valence-corrected chi connectivity index (χ0v) is 26.9. The van der Waals surface area contributed by atoms with Crippen LogP contribution in [0.1, 0.15) is 47.9 Å². The Labute approximate surface area is 275 Å². The molecule has 7 nitrogen and oxygen atoms in total. The summed E-state index contributed by atoms with van der Waals surface area (Å²) in [5.74, 6) is 0.0656. The quantitative estimate of drug-likeness (QED) is 0.300. The first kappa shape index (κ1) is 31.6. The van der Waals surface area contributed by atoms with Crippen LogP contribution in [0, 0.1) is 5.92 Å². The molecule has 1 saturated heterocycles. The predicted molar refractivity (Wildman–Crippen MR) is 177 cm³/mol. The second-order valence-electron chi connectivity index (χ2n) is 12.6. The minimum Gasteiger partial charge on any atom is -0.343 e. The van der Waals surface area contributed by atoms with Crippen molar-refractivity contribution < 1.29 is 14.4 Å². The van der Waals surface area contributed by atoms with E-state index in [0.29, 0.717) is 61.4 Å². The molecule has 0 radical (unpaired) electrons. The summed E-state index contributed by atoms with van der Waals surface area (Å²) in [4.78, 5) is 45.6. The Bertz CT molecular complexity index is 1510. The number of piperazine rings is 1. The molecule has 2 aliphatic heterocycles. The Morgan fingerprint density at radius 3 is 2.24 bits per heavy atom. The van der Waals surface area contributed by atoms with E-state index in [9.17, 15) is 14.4 Å². The van der Waals surface area contributed by atoms with Crippen LogP contribution in [0.25, 0.3) is 0 Å². The number of benzene rings is 3. The number of nitrogens with one attached hydrogen (secondary N) is 2. The van der Waals surface area contributed by atoms with E-state index in [-0.39, 0.29) is 17.7 Å². The number of hydrogen-bond acceptors (Lipinski definition) is 4. The molecule has 0 bridgehead atoms. The van der Waals surface area contributed by atoms with Gasteiger partial charge in [-0.1, -0.05) is 84.6 Å². The largest absolute Gasteiger partial charge is 0.343 e. The summed E-state index contributed by atoms with van der Waals surface area (Å²) >= 11 is 12.2. The number of aryl methyl sites for hydroxylation is 1. The SMILES string of the molecule is O=C(NC(Cc1ccc(Cl)cc1)C(=O)N1CCN(CCCc2ccc(Cl)cc2)C(=O)C1CC1CC1)C1Cc2ccccc2CN1. The standard InChI is InChI=1S/C36H40Cl2N4O3/c37-29-13-9-24(10-14-29)4-3-17-41-18-19-42(33(36(41)45)21-26-7-8-26)35(44)32(20-25-11-15-30(38)16-12-25)40-34(43)31-22-27-5-1-2-6-28(27)23-39-31/h1-2,5-6,9-16,26,31-33,39H,3-4,7-8,17-23H2,(H,40,43). The van der Waals surface area contributed by atoms with E-state index in [4.69, 9.17) is 23.2 Å². The molecule has 2 heterocycles. The van der Waals surface area contributed by atoms with Crippen molar-refractivity contribution in [3.8, 4) is 0 Å². The van der Waals surface area contributed by atoms with Crippen LogP contribution in [0.15, 0.2) is 72.8 Å². The highest BCUT2D eigenvalue weighted by atomic mass is 35.5. The van der Waals surface area contributed by atoms with Gasteiger partial charge in [-0.25, -0.2) is 0 Å². The number of amides is 3. The molecular weight excluding hydrogens is 607 g/mol. The highest BCUT2D eigenvalue weighted by molar-refractivity contribution is 6.30. The van der Waals surface area contributed by atoms with Gasteiger partial charge >= 0.3 is 0 Å². The summed E-state index contributed by atoms with van der Waals surface area (Å²) in [7, 11) is 0. The fourth-order valence-electron chi connectivity index (χ4n) is 6.52. The molecule has 3 unspecified atom stereocenters. The molecule has 3 aromatic rings. The average Bonchev–Trinajstić information content (AvgIpc) is 3.88. The van der Waals surface area contributed by atoms with Crippen molar-refractivity contribution in [3.05, 3.63) is 105 Å². The van der Waals surface area contributed by atoms with Crippen molar-refractivity contribution in [2.45, 2.75) is 69.6 Å². The van der Waals surface area contributed by atoms with Crippen molar-refractivity contribution in [1.82, 2.24) is 20.4 Å². The summed E-state index contributed by atoms with van der Waals surface area (Å²) in [6.45, 7) is 2.17. The van der Waals surface area contributed by atoms with E-state index >= 15 is 0 Å². The molecule has 236 valence electrons. The molecule has 3 aliphatic rings. The van der Waals surface area contributed by atoms with E-state index in [1.807, 2.05) is 53.4 Å². The maximum absolute atomic E-state index is 14.4. The third-order valence-electron chi connectivity index (χ3n) is 9.29. The molecule has 9 heteroatoms. The van der Waals surface area contributed by atoms with Crippen LogP contribution in [0.2, 0.25) is 10.0 Å². The van der Waals surface area contributed by atoms with E-state index < -0.39 is 18.1 Å². The van der Waals surface area contributed by atoms with Gasteiger partial charge in [0.05, 0.1) is 6.04 Å². The number of rotatable bonds is 11. The lowest BCUT2D eigenvalue weighted by Crippen LogP contribution is -2.63. The van der Waals surface area contributed by atoms with Crippen LogP contribution >= 0.6 is 23.2 Å². The maximum atomic E-state index is 14.4. The molecule has 1 aliphatic carbocycles. The third-order valence-corrected chi connectivity index (χ3v) is 9.80. The summed E-state index contributed by atoms with van der Waals surface area (Å²) in [5, 5.41) is 7.75. The zero-order chi connectivity index (χ0) is 31.3. The molecule has 0 spiro atoms. The Kier molecular flexibility index (Phi) is 10.1. The summed E-state index contributed by atoms with van der Waals surface area (Å²) < 4.78 is 0. The highest BCUT2D eigenvalue weighted by Crippen LogP contribution is 2.36. The predicted octanol–water partition coefficient (Wildman–Crippen LogP) is 5.21. The van der Waals surface area contributed by atoms with Gasteiger partial charge in [-0.15, -0.1) is 0 Å². The van der Waals surface area contributed by atoms with Gasteiger partial charge in [0.1, 0.15) is 12.1 Å². The minimum absolute atomic E-state index is 0.0136. The number of hydrogen-bond donors (Lipinski definition) is 2. The van der Waals surface area contributed by atoms with Gasteiger partial charge in [0.2, 0.25) is 17.7 Å². The molecule has 3 atom stereocenters. The number of carbonyl (C=O) groups excluding carboxylic acids is 3. The average molecular weight is 648 g/mol. The fraction of sp³-hybridized carbons (Fsp3) is 0.417. The van der Waals surface area contributed by atoms with Gasteiger partial charge in [0.25, 0.3) is 0 Å². The van der Waals surface area contributed by atoms with E-state index in [0.717, 1.165) is 36.8 Å². The maximum Gasteiger partial charge on any atom is 0.246 e. The van der Waals surface area contributed by atoms with Gasteiger partial charge in [0, 0.05) is 42.6 Å². The Morgan fingerprint density at radius 1 is 0.889 bits per heavy atom. The van der Waals surface area contributed by atoms with Crippen molar-refractivity contribution in [3.63, 3.8) is 0 Å². The van der Waals surface area contributed by atoms with E-state index in [1.165, 1.54) is 11.1 Å². The second-order valence-corrected chi connectivity index (χ2v) is 13.5. The highest BCUT2D eigenvalue weighted by Gasteiger charge is 2.42. The Hall–Kier alpha value is -3.39. The van der Waals surface area contributed by atoms with Crippen LogP contribution < -0.4 is 10.6 Å². The van der Waals surface area contributed by atoms with Crippen molar-refractivity contribution >= 4 is 40.9 Å². The van der Waals surface area contributed by atoms with Crippen molar-refractivity contribution in [2.75, 3.05) is 19.6 Å². The van der Waals surface area contributed by atoms with E-state index in [2.05, 4.69) is 22.8 Å². The van der Waals surface area contributed by atoms with Gasteiger partial charge < -0.3 is 20.4 Å². The van der Waals surface area contributed by atoms with Gasteiger partial charge in [-0.2, -0.15) is 0 Å². The van der Waals surface area contributed by atoms with E-state index in [1.54, 1.807) is 17.0 Å². The lowest BCUT2D eigenvalue weighted by Gasteiger charge is -2.42. The van der Waals surface area contributed by atoms with Crippen molar-refractivity contribution in [2.24, 2.45) is 5.92 Å². The minimum atomic E-state index is -0.802. The number of carbonyl (C=O) groups is 3. The molecule has 45 heavy (non-hydrogen) atoms. The van der Waals surface area contributed by atoms with Gasteiger partial charge in [-0.3, -0.25) is 14.4 Å². The number of fused-ring (bicyclic) bond motifs is 1. The molecule has 3 amide bonds. The summed E-state index contributed by atoms with van der Waals surface area (Å²) in [6.07, 6.45) is 5.40. The van der Waals surface area contributed by atoms with Crippen molar-refractivity contribution in [1.29, 1.82) is 0 Å². The van der Waals surface area contributed by atoms with Gasteiger partial charge in [0.15, 0.2) is 0 Å². The number of halogens is 2. The molecule has 1 saturated carbocycles. The molecular formula is C36H40Cl2N4O3. The second kappa shape index (κ2) is 14.4. The van der Waals surface area contributed by atoms with Crippen LogP contribution in [-0.4, -0.2) is 65.3 Å². The molecule has 2 N–H and O–H groups in total. The lowest BCUT2D eigenvalue weighted by molar-refractivity contribution is -0.153. The normalized spacial score (nSPS) is 20.4. The molecule has 3 aromatic carbocycles. The monoisotopic (exact) mass is 646 g/mol. The number of nitrogens with zero attached hydrogens (tertiary/aromatic N) is 2. The zero-order valence-electron chi connectivity index (χ0n) is 25.4. The Morgan fingerprint density at radius 2 is 1.56 bits per heavy atom. The summed E-state index contributed by atoms with van der Waals surface area (Å²) in [5.41, 5.74) is 4.40. The van der Waals surface area contributed by atoms with Crippen LogP contribution in [0.3, 0.4) is 0 Å². The first-order chi connectivity index (χ1) is 21.8. The van der Waals surface area contributed by atoms with Crippen LogP contribution in [-0.2, 0) is 40.2 Å². The smallest absolute Gasteiger partial charge is 0.246 e. The topological polar surface area (TPSA) is 81.8 Å². The summed E-state index contributed by atoms with van der Waals surface area (Å²) in [6, 6.07) is 21.5. The Balaban J connectivity index is 1.16. The van der Waals surface area contributed by atoms with Gasteiger partial charge in [-0.05, 0) is 78.1 Å². The fourth-order valence-corrected chi connectivity index (χ4v) is 6.77. The van der Waals surface area contributed by atoms with Crippen LogP contribution in [0.4, 0.5) is 0 Å². The third kappa shape index (κ3) is 8.07. The van der Waals surface area contributed by atoms with Crippen LogP contribution in [0.5, 0.6) is 0 Å². The lowest BCUT2D eigenvalue weighted by atomic mass is 9.95. The first-order valence-corrected chi connectivity index (χ1v) is 16.8. The molecule has 2 fully saturated rings. The molecule has 0 aromatic heterocycles. The first-order valence-electron chi connectivity index (χ1n) is 16.0.